The highest BCUT2D eigenvalue weighted by atomic mass is 16.5. The zero-order chi connectivity index (χ0) is 16.4. The lowest BCUT2D eigenvalue weighted by Gasteiger charge is -2.48. The average molecular weight is 330 g/mol. The van der Waals surface area contributed by atoms with Crippen LogP contribution in [0.1, 0.15) is 37.8 Å². The lowest BCUT2D eigenvalue weighted by molar-refractivity contribution is -0.0318. The van der Waals surface area contributed by atoms with E-state index in [4.69, 9.17) is 4.74 Å². The van der Waals surface area contributed by atoms with E-state index in [1.54, 1.807) is 10.8 Å². The molecule has 2 aliphatic rings. The summed E-state index contributed by atoms with van der Waals surface area (Å²) in [5.74, 6) is 0. The molecule has 2 fully saturated rings. The molecule has 1 N–H and O–H groups in total. The molecule has 0 unspecified atom stereocenters. The molecule has 130 valence electrons. The largest absolute Gasteiger partial charge is 0.380 e. The molecule has 0 radical (unpaired) electrons. The van der Waals surface area contributed by atoms with Crippen LogP contribution in [0.3, 0.4) is 0 Å². The molecule has 1 saturated heterocycles. The fraction of sp³-hybridized carbons (Fsp3) is 0.706. The van der Waals surface area contributed by atoms with Crippen LogP contribution in [0.4, 0.5) is 5.69 Å². The molecule has 0 spiro atoms. The quantitative estimate of drug-likeness (QED) is 0.923. The first-order valence-electron chi connectivity index (χ1n) is 9.01. The second-order valence-corrected chi connectivity index (χ2v) is 7.04. The van der Waals surface area contributed by atoms with E-state index in [0.29, 0.717) is 0 Å². The molecule has 0 atom stereocenters. The maximum Gasteiger partial charge on any atom is 0.200 e. The highest BCUT2D eigenvalue weighted by molar-refractivity contribution is 5.66. The van der Waals surface area contributed by atoms with Gasteiger partial charge in [-0.05, 0) is 25.8 Å². The summed E-state index contributed by atoms with van der Waals surface area (Å²) < 4.78 is 7.32. The van der Waals surface area contributed by atoms with Crippen molar-refractivity contribution in [1.82, 2.24) is 24.7 Å². The molecule has 7 nitrogen and oxygen atoms in total. The molecule has 0 aromatic carbocycles. The third-order valence-corrected chi connectivity index (χ3v) is 5.46. The number of rotatable bonds is 4. The van der Waals surface area contributed by atoms with Gasteiger partial charge in [-0.15, -0.1) is 10.2 Å². The normalized spacial score (nSPS) is 21.9. The molecule has 0 amide bonds. The molecule has 7 heteroatoms. The molecular formula is C17H26N6O. The highest BCUT2D eigenvalue weighted by Crippen LogP contribution is 2.35. The van der Waals surface area contributed by atoms with Crippen molar-refractivity contribution in [3.63, 3.8) is 0 Å². The summed E-state index contributed by atoms with van der Waals surface area (Å²) >= 11 is 0. The minimum Gasteiger partial charge on any atom is -0.380 e. The van der Waals surface area contributed by atoms with E-state index in [0.717, 1.165) is 49.9 Å². The predicted octanol–water partition coefficient (Wildman–Crippen LogP) is 1.88. The fourth-order valence-corrected chi connectivity index (χ4v) is 4.19. The van der Waals surface area contributed by atoms with Crippen molar-refractivity contribution >= 4 is 11.3 Å². The van der Waals surface area contributed by atoms with Crippen molar-refractivity contribution in [3.8, 4) is 0 Å². The second kappa shape index (κ2) is 6.64. The van der Waals surface area contributed by atoms with E-state index in [9.17, 15) is 0 Å². The van der Waals surface area contributed by atoms with E-state index in [1.807, 2.05) is 6.92 Å². The maximum absolute atomic E-state index is 5.57. The Morgan fingerprint density at radius 2 is 2.00 bits per heavy atom. The van der Waals surface area contributed by atoms with Crippen LogP contribution in [0, 0.1) is 6.92 Å². The molecule has 2 aromatic rings. The molecule has 3 heterocycles. The van der Waals surface area contributed by atoms with Crippen LogP contribution in [-0.4, -0.2) is 63.1 Å². The lowest BCUT2D eigenvalue weighted by Crippen LogP contribution is -2.58. The Kier molecular flexibility index (Phi) is 4.37. The van der Waals surface area contributed by atoms with Crippen molar-refractivity contribution < 1.29 is 4.74 Å². The second-order valence-electron chi connectivity index (χ2n) is 7.04. The van der Waals surface area contributed by atoms with Crippen LogP contribution in [0.2, 0.25) is 0 Å². The van der Waals surface area contributed by atoms with Gasteiger partial charge >= 0.3 is 0 Å². The minimum atomic E-state index is 0.232. The summed E-state index contributed by atoms with van der Waals surface area (Å²) in [5.41, 5.74) is 3.02. The summed E-state index contributed by atoms with van der Waals surface area (Å²) in [6, 6.07) is 2.07. The zero-order valence-corrected chi connectivity index (χ0v) is 14.4. The van der Waals surface area contributed by atoms with Gasteiger partial charge in [0.05, 0.1) is 24.6 Å². The number of aryl methyl sites for hydroxylation is 1. The highest BCUT2D eigenvalue weighted by Gasteiger charge is 2.38. The third-order valence-electron chi connectivity index (χ3n) is 5.46. The first-order valence-corrected chi connectivity index (χ1v) is 9.01. The lowest BCUT2D eigenvalue weighted by atomic mass is 9.79. The average Bonchev–Trinajstić information content (AvgIpc) is 3.09. The van der Waals surface area contributed by atoms with Gasteiger partial charge in [0.1, 0.15) is 6.33 Å². The molecule has 4 rings (SSSR count). The van der Waals surface area contributed by atoms with Gasteiger partial charge in [-0.3, -0.25) is 4.90 Å². The number of anilines is 1. The molecule has 1 aliphatic carbocycles. The summed E-state index contributed by atoms with van der Waals surface area (Å²) in [6.07, 6.45) is 8.16. The van der Waals surface area contributed by atoms with Crippen LogP contribution >= 0.6 is 0 Å². The van der Waals surface area contributed by atoms with E-state index in [1.165, 1.54) is 32.1 Å². The van der Waals surface area contributed by atoms with Crippen LogP contribution in [-0.2, 0) is 4.74 Å². The Balaban J connectivity index is 1.57. The van der Waals surface area contributed by atoms with Gasteiger partial charge in [0.25, 0.3) is 0 Å². The van der Waals surface area contributed by atoms with Gasteiger partial charge < -0.3 is 10.1 Å². The minimum absolute atomic E-state index is 0.232. The monoisotopic (exact) mass is 330 g/mol. The van der Waals surface area contributed by atoms with Gasteiger partial charge in [0.2, 0.25) is 5.65 Å². The number of morpholine rings is 1. The van der Waals surface area contributed by atoms with Gasteiger partial charge in [0.15, 0.2) is 0 Å². The molecule has 1 saturated carbocycles. The first kappa shape index (κ1) is 15.8. The SMILES string of the molecule is Cc1cc(NCC2(N3CCOCC3)CCCCC2)c2nncn2n1. The summed E-state index contributed by atoms with van der Waals surface area (Å²) in [4.78, 5) is 2.65. The number of aromatic nitrogens is 4. The van der Waals surface area contributed by atoms with Crippen molar-refractivity contribution in [2.24, 2.45) is 0 Å². The Morgan fingerprint density at radius 3 is 2.79 bits per heavy atom. The van der Waals surface area contributed by atoms with Gasteiger partial charge in [-0.25, -0.2) is 0 Å². The number of ether oxygens (including phenoxy) is 1. The zero-order valence-electron chi connectivity index (χ0n) is 14.4. The number of nitrogens with zero attached hydrogens (tertiary/aromatic N) is 5. The summed E-state index contributed by atoms with van der Waals surface area (Å²) in [6.45, 7) is 6.73. The first-order chi connectivity index (χ1) is 11.8. The van der Waals surface area contributed by atoms with E-state index >= 15 is 0 Å². The predicted molar refractivity (Wildman–Crippen MR) is 92.2 cm³/mol. The van der Waals surface area contributed by atoms with Crippen molar-refractivity contribution in [2.75, 3.05) is 38.2 Å². The van der Waals surface area contributed by atoms with Crippen LogP contribution in [0.25, 0.3) is 5.65 Å². The number of hydrogen-bond acceptors (Lipinski definition) is 6. The van der Waals surface area contributed by atoms with Gasteiger partial charge in [0, 0.05) is 25.2 Å². The fourth-order valence-electron chi connectivity index (χ4n) is 4.19. The van der Waals surface area contributed by atoms with E-state index < -0.39 is 0 Å². The molecule has 0 bridgehead atoms. The topological polar surface area (TPSA) is 67.6 Å². The Morgan fingerprint density at radius 1 is 1.21 bits per heavy atom. The molecule has 1 aliphatic heterocycles. The van der Waals surface area contributed by atoms with Gasteiger partial charge in [-0.2, -0.15) is 9.61 Å². The standard InChI is InChI=1S/C17H26N6O/c1-14-11-15(16-20-19-13-23(16)21-14)18-12-17(5-3-2-4-6-17)22-7-9-24-10-8-22/h11,13,18H,2-10,12H2,1H3. The maximum atomic E-state index is 5.57. The number of fused-ring (bicyclic) bond motifs is 1. The van der Waals surface area contributed by atoms with E-state index in [-0.39, 0.29) is 5.54 Å². The Bertz CT molecular complexity index is 687. The molecule has 24 heavy (non-hydrogen) atoms. The van der Waals surface area contributed by atoms with Crippen molar-refractivity contribution in [3.05, 3.63) is 18.1 Å². The van der Waals surface area contributed by atoms with E-state index in [2.05, 4.69) is 31.6 Å². The smallest absolute Gasteiger partial charge is 0.200 e. The van der Waals surface area contributed by atoms with Crippen molar-refractivity contribution in [1.29, 1.82) is 0 Å². The molecule has 2 aromatic heterocycles. The number of hydrogen-bond donors (Lipinski definition) is 1. The summed E-state index contributed by atoms with van der Waals surface area (Å²) in [5, 5.41) is 16.3. The number of nitrogens with one attached hydrogen (secondary N) is 1. The van der Waals surface area contributed by atoms with Crippen LogP contribution in [0.5, 0.6) is 0 Å². The van der Waals surface area contributed by atoms with Crippen LogP contribution in [0.15, 0.2) is 12.4 Å². The van der Waals surface area contributed by atoms with Crippen molar-refractivity contribution in [2.45, 2.75) is 44.6 Å². The third kappa shape index (κ3) is 2.98. The Labute approximate surface area is 142 Å². The van der Waals surface area contributed by atoms with Gasteiger partial charge in [-0.1, -0.05) is 19.3 Å². The molecular weight excluding hydrogens is 304 g/mol. The summed E-state index contributed by atoms with van der Waals surface area (Å²) in [7, 11) is 0. The van der Waals surface area contributed by atoms with Crippen LogP contribution < -0.4 is 5.32 Å². The Hall–Kier alpha value is -1.73.